The Kier molecular flexibility index (Phi) is 6.17. The molecule has 2 atom stereocenters. The van der Waals surface area contributed by atoms with E-state index >= 15 is 0 Å². The number of sulfonamides is 1. The predicted octanol–water partition coefficient (Wildman–Crippen LogP) is 1.34. The lowest BCUT2D eigenvalue weighted by atomic mass is 9.99. The molecule has 150 valence electrons. The highest BCUT2D eigenvalue weighted by Crippen LogP contribution is 2.15. The van der Waals surface area contributed by atoms with Gasteiger partial charge in [-0.05, 0) is 50.6 Å². The minimum atomic E-state index is -3.53. The van der Waals surface area contributed by atoms with Crippen molar-refractivity contribution in [2.75, 3.05) is 11.9 Å². The molecule has 1 unspecified atom stereocenters. The summed E-state index contributed by atoms with van der Waals surface area (Å²) in [6.45, 7) is 7.24. The van der Waals surface area contributed by atoms with E-state index in [1.54, 1.807) is 26.0 Å². The molecule has 0 aliphatic carbocycles. The SMILES string of the molecule is CC(C)NS(=O)(=O)c1ccc(NC(=O)[C@H](C)[NH+]2CCc3ccccc3C2)cc1. The highest BCUT2D eigenvalue weighted by Gasteiger charge is 2.29. The maximum atomic E-state index is 12.7. The summed E-state index contributed by atoms with van der Waals surface area (Å²) < 4.78 is 26.9. The Morgan fingerprint density at radius 2 is 1.64 bits per heavy atom. The summed E-state index contributed by atoms with van der Waals surface area (Å²) >= 11 is 0. The highest BCUT2D eigenvalue weighted by atomic mass is 32.2. The summed E-state index contributed by atoms with van der Waals surface area (Å²) in [5.41, 5.74) is 3.26. The maximum Gasteiger partial charge on any atom is 0.282 e. The van der Waals surface area contributed by atoms with E-state index in [2.05, 4.69) is 28.2 Å². The third-order valence-corrected chi connectivity index (χ3v) is 6.75. The van der Waals surface area contributed by atoms with Gasteiger partial charge in [-0.1, -0.05) is 24.3 Å². The van der Waals surface area contributed by atoms with Crippen LogP contribution in [0.25, 0.3) is 0 Å². The number of amides is 1. The zero-order chi connectivity index (χ0) is 20.3. The molecule has 6 nitrogen and oxygen atoms in total. The fraction of sp³-hybridized carbons (Fsp3) is 0.381. The first kappa shape index (κ1) is 20.5. The number of quaternary nitrogens is 1. The van der Waals surface area contributed by atoms with E-state index in [1.807, 2.05) is 13.0 Å². The number of rotatable bonds is 6. The van der Waals surface area contributed by atoms with Gasteiger partial charge < -0.3 is 10.2 Å². The van der Waals surface area contributed by atoms with Crippen LogP contribution < -0.4 is 14.9 Å². The Morgan fingerprint density at radius 3 is 2.29 bits per heavy atom. The van der Waals surface area contributed by atoms with Crippen molar-refractivity contribution in [1.82, 2.24) is 4.72 Å². The first-order valence-electron chi connectivity index (χ1n) is 9.61. The van der Waals surface area contributed by atoms with E-state index in [-0.39, 0.29) is 22.9 Å². The van der Waals surface area contributed by atoms with Gasteiger partial charge in [0.1, 0.15) is 6.54 Å². The second kappa shape index (κ2) is 8.43. The van der Waals surface area contributed by atoms with Gasteiger partial charge in [0.15, 0.2) is 6.04 Å². The zero-order valence-corrected chi connectivity index (χ0v) is 17.3. The number of fused-ring (bicyclic) bond motifs is 1. The average molecular weight is 403 g/mol. The number of carbonyl (C=O) groups is 1. The Morgan fingerprint density at radius 1 is 1.00 bits per heavy atom. The second-order valence-corrected chi connectivity index (χ2v) is 9.33. The summed E-state index contributed by atoms with van der Waals surface area (Å²) in [6.07, 6.45) is 0.971. The van der Waals surface area contributed by atoms with Gasteiger partial charge in [0, 0.05) is 23.7 Å². The molecule has 0 radical (unpaired) electrons. The zero-order valence-electron chi connectivity index (χ0n) is 16.5. The van der Waals surface area contributed by atoms with E-state index < -0.39 is 10.0 Å². The van der Waals surface area contributed by atoms with Crippen molar-refractivity contribution < 1.29 is 18.1 Å². The van der Waals surface area contributed by atoms with Crippen molar-refractivity contribution in [1.29, 1.82) is 0 Å². The number of anilines is 1. The fourth-order valence-electron chi connectivity index (χ4n) is 3.50. The summed E-state index contributed by atoms with van der Waals surface area (Å²) in [4.78, 5) is 14.1. The smallest absolute Gasteiger partial charge is 0.282 e. The van der Waals surface area contributed by atoms with Crippen LogP contribution in [-0.4, -0.2) is 33.0 Å². The van der Waals surface area contributed by atoms with Crippen LogP contribution in [0.4, 0.5) is 5.69 Å². The molecule has 1 amide bonds. The molecule has 1 aliphatic rings. The molecule has 0 fully saturated rings. The van der Waals surface area contributed by atoms with Crippen molar-refractivity contribution in [2.45, 2.75) is 50.7 Å². The van der Waals surface area contributed by atoms with Crippen LogP contribution in [0, 0.1) is 0 Å². The van der Waals surface area contributed by atoms with Crippen molar-refractivity contribution in [3.63, 3.8) is 0 Å². The van der Waals surface area contributed by atoms with Gasteiger partial charge in [-0.3, -0.25) is 4.79 Å². The molecule has 1 heterocycles. The maximum absolute atomic E-state index is 12.7. The van der Waals surface area contributed by atoms with Crippen LogP contribution in [0.3, 0.4) is 0 Å². The lowest BCUT2D eigenvalue weighted by Crippen LogP contribution is -3.16. The molecule has 0 saturated heterocycles. The van der Waals surface area contributed by atoms with E-state index in [0.29, 0.717) is 5.69 Å². The first-order valence-corrected chi connectivity index (χ1v) is 11.1. The van der Waals surface area contributed by atoms with Crippen LogP contribution in [-0.2, 0) is 27.8 Å². The minimum Gasteiger partial charge on any atom is -0.321 e. The van der Waals surface area contributed by atoms with E-state index in [1.165, 1.54) is 28.2 Å². The molecule has 28 heavy (non-hydrogen) atoms. The Hall–Kier alpha value is -2.22. The fourth-order valence-corrected chi connectivity index (χ4v) is 4.75. The van der Waals surface area contributed by atoms with Gasteiger partial charge in [-0.2, -0.15) is 0 Å². The normalized spacial score (nSPS) is 17.8. The van der Waals surface area contributed by atoms with Gasteiger partial charge in [-0.15, -0.1) is 0 Å². The highest BCUT2D eigenvalue weighted by molar-refractivity contribution is 7.89. The molecule has 1 aliphatic heterocycles. The van der Waals surface area contributed by atoms with Gasteiger partial charge in [-0.25, -0.2) is 13.1 Å². The summed E-state index contributed by atoms with van der Waals surface area (Å²) in [6, 6.07) is 14.3. The van der Waals surface area contributed by atoms with Crippen molar-refractivity contribution in [3.8, 4) is 0 Å². The monoisotopic (exact) mass is 402 g/mol. The van der Waals surface area contributed by atoms with Crippen LogP contribution in [0.5, 0.6) is 0 Å². The van der Waals surface area contributed by atoms with E-state index in [0.717, 1.165) is 19.5 Å². The second-order valence-electron chi connectivity index (χ2n) is 7.62. The third-order valence-electron chi connectivity index (χ3n) is 5.08. The molecule has 3 N–H and O–H groups in total. The number of benzene rings is 2. The molecule has 3 rings (SSSR count). The van der Waals surface area contributed by atoms with Crippen molar-refractivity contribution >= 4 is 21.6 Å². The molecule has 0 bridgehead atoms. The minimum absolute atomic E-state index is 0.0645. The molecular formula is C21H28N3O3S+. The molecule has 2 aromatic carbocycles. The summed E-state index contributed by atoms with van der Waals surface area (Å²) in [5, 5.41) is 2.91. The lowest BCUT2D eigenvalue weighted by Gasteiger charge is -2.30. The molecule has 0 spiro atoms. The quantitative estimate of drug-likeness (QED) is 0.682. The lowest BCUT2D eigenvalue weighted by molar-refractivity contribution is -0.929. The summed E-state index contributed by atoms with van der Waals surface area (Å²) in [5.74, 6) is -0.0645. The van der Waals surface area contributed by atoms with Gasteiger partial charge in [0.05, 0.1) is 11.4 Å². The van der Waals surface area contributed by atoms with Gasteiger partial charge in [0.2, 0.25) is 10.0 Å². The molecular weight excluding hydrogens is 374 g/mol. The average Bonchev–Trinajstić information content (AvgIpc) is 2.66. The largest absolute Gasteiger partial charge is 0.321 e. The standard InChI is InChI=1S/C21H27N3O3S/c1-15(2)23-28(26,27)20-10-8-19(9-11-20)22-21(25)16(3)24-13-12-17-6-4-5-7-18(17)14-24/h4-11,15-16,23H,12-14H2,1-3H3,(H,22,25)/p+1/t16-/m0/s1. The van der Waals surface area contributed by atoms with Crippen molar-refractivity contribution in [3.05, 3.63) is 59.7 Å². The topological polar surface area (TPSA) is 79.7 Å². The van der Waals surface area contributed by atoms with Crippen LogP contribution in [0.15, 0.2) is 53.4 Å². The number of nitrogens with one attached hydrogen (secondary N) is 3. The molecule has 0 aromatic heterocycles. The number of hydrogen-bond acceptors (Lipinski definition) is 3. The first-order chi connectivity index (χ1) is 13.3. The van der Waals surface area contributed by atoms with Crippen LogP contribution >= 0.6 is 0 Å². The Balaban J connectivity index is 1.63. The molecule has 2 aromatic rings. The van der Waals surface area contributed by atoms with E-state index in [4.69, 9.17) is 0 Å². The van der Waals surface area contributed by atoms with Crippen LogP contribution in [0.2, 0.25) is 0 Å². The molecule has 0 saturated carbocycles. The Labute approximate surface area is 167 Å². The molecule has 7 heteroatoms. The third kappa shape index (κ3) is 4.79. The van der Waals surface area contributed by atoms with Gasteiger partial charge >= 0.3 is 0 Å². The van der Waals surface area contributed by atoms with E-state index in [9.17, 15) is 13.2 Å². The van der Waals surface area contributed by atoms with Crippen LogP contribution in [0.1, 0.15) is 31.9 Å². The van der Waals surface area contributed by atoms with Gasteiger partial charge in [0.25, 0.3) is 5.91 Å². The number of hydrogen-bond donors (Lipinski definition) is 3. The summed E-state index contributed by atoms with van der Waals surface area (Å²) in [7, 11) is -3.53. The Bertz CT molecular complexity index is 940. The predicted molar refractivity (Wildman–Crippen MR) is 110 cm³/mol. The number of carbonyl (C=O) groups excluding carboxylic acids is 1. The van der Waals surface area contributed by atoms with Crippen molar-refractivity contribution in [2.24, 2.45) is 0 Å².